The van der Waals surface area contributed by atoms with E-state index < -0.39 is 11.2 Å². The predicted octanol–water partition coefficient (Wildman–Crippen LogP) is 1.68. The number of aromatic nitrogens is 2. The van der Waals surface area contributed by atoms with Gasteiger partial charge in [-0.25, -0.2) is 4.79 Å². The number of anilines is 1. The minimum Gasteiger partial charge on any atom is -0.326 e. The maximum Gasteiger partial charge on any atom is 0.325 e. The van der Waals surface area contributed by atoms with Crippen molar-refractivity contribution >= 4 is 11.6 Å². The third kappa shape index (κ3) is 3.72. The van der Waals surface area contributed by atoms with Crippen LogP contribution in [0.1, 0.15) is 36.6 Å². The number of nitrogens with one attached hydrogen (secondary N) is 3. The second kappa shape index (κ2) is 6.43. The first-order chi connectivity index (χ1) is 10.4. The van der Waals surface area contributed by atoms with Crippen LogP contribution in [0.5, 0.6) is 0 Å². The van der Waals surface area contributed by atoms with E-state index in [0.29, 0.717) is 17.3 Å². The molecule has 1 amide bonds. The van der Waals surface area contributed by atoms with Gasteiger partial charge >= 0.3 is 5.69 Å². The number of H-pyrrole nitrogens is 2. The fourth-order valence-corrected chi connectivity index (χ4v) is 2.16. The summed E-state index contributed by atoms with van der Waals surface area (Å²) in [6, 6.07) is 7.57. The molecule has 1 heterocycles. The summed E-state index contributed by atoms with van der Waals surface area (Å²) in [5.74, 6) is 0.116. The molecule has 0 radical (unpaired) electrons. The summed E-state index contributed by atoms with van der Waals surface area (Å²) < 4.78 is 0. The molecule has 0 saturated heterocycles. The average molecular weight is 301 g/mol. The molecule has 0 spiro atoms. The van der Waals surface area contributed by atoms with Gasteiger partial charge in [0.15, 0.2) is 0 Å². The zero-order chi connectivity index (χ0) is 16.3. The van der Waals surface area contributed by atoms with Crippen molar-refractivity contribution in [1.29, 1.82) is 0 Å². The Morgan fingerprint density at radius 3 is 2.32 bits per heavy atom. The topological polar surface area (TPSA) is 94.8 Å². The van der Waals surface area contributed by atoms with E-state index in [2.05, 4.69) is 29.1 Å². The molecule has 0 bridgehead atoms. The number of aromatic amines is 2. The van der Waals surface area contributed by atoms with E-state index in [0.717, 1.165) is 0 Å². The van der Waals surface area contributed by atoms with Crippen LogP contribution in [-0.4, -0.2) is 15.9 Å². The van der Waals surface area contributed by atoms with Crippen LogP contribution < -0.4 is 16.6 Å². The van der Waals surface area contributed by atoms with E-state index in [1.54, 1.807) is 6.92 Å². The number of amides is 1. The Labute approximate surface area is 127 Å². The van der Waals surface area contributed by atoms with Gasteiger partial charge in [-0.15, -0.1) is 0 Å². The monoisotopic (exact) mass is 301 g/mol. The molecule has 0 aliphatic rings. The molecule has 116 valence electrons. The molecule has 0 fully saturated rings. The summed E-state index contributed by atoms with van der Waals surface area (Å²) in [5.41, 5.74) is 1.41. The second-order valence-corrected chi connectivity index (χ2v) is 5.51. The number of hydrogen-bond acceptors (Lipinski definition) is 3. The number of hydrogen-bond donors (Lipinski definition) is 3. The molecule has 2 rings (SSSR count). The van der Waals surface area contributed by atoms with Crippen molar-refractivity contribution < 1.29 is 4.79 Å². The minimum atomic E-state index is -0.573. The third-order valence-corrected chi connectivity index (χ3v) is 3.45. The van der Waals surface area contributed by atoms with E-state index >= 15 is 0 Å². The first-order valence-corrected chi connectivity index (χ1v) is 7.08. The summed E-state index contributed by atoms with van der Waals surface area (Å²) in [6.07, 6.45) is -0.0934. The van der Waals surface area contributed by atoms with Gasteiger partial charge in [0.2, 0.25) is 5.91 Å². The molecular formula is C16H19N3O3. The lowest BCUT2D eigenvalue weighted by Crippen LogP contribution is -2.29. The lowest BCUT2D eigenvalue weighted by atomic mass is 10.0. The number of aryl methyl sites for hydroxylation is 1. The number of rotatable bonds is 4. The van der Waals surface area contributed by atoms with Crippen molar-refractivity contribution in [2.45, 2.75) is 33.1 Å². The molecule has 6 nitrogen and oxygen atoms in total. The molecule has 0 saturated carbocycles. The average Bonchev–Trinajstić information content (AvgIpc) is 2.43. The molecule has 1 aromatic heterocycles. The van der Waals surface area contributed by atoms with Gasteiger partial charge in [0.05, 0.1) is 6.42 Å². The summed E-state index contributed by atoms with van der Waals surface area (Å²) >= 11 is 0. The lowest BCUT2D eigenvalue weighted by molar-refractivity contribution is -0.115. The molecule has 0 aliphatic carbocycles. The Bertz CT molecular complexity index is 786. The summed E-state index contributed by atoms with van der Waals surface area (Å²) in [4.78, 5) is 39.5. The van der Waals surface area contributed by atoms with Crippen LogP contribution >= 0.6 is 0 Å². The molecule has 22 heavy (non-hydrogen) atoms. The fourth-order valence-electron chi connectivity index (χ4n) is 2.16. The summed E-state index contributed by atoms with van der Waals surface area (Å²) in [7, 11) is 0. The largest absolute Gasteiger partial charge is 0.326 e. The van der Waals surface area contributed by atoms with Gasteiger partial charge < -0.3 is 10.3 Å². The van der Waals surface area contributed by atoms with Crippen LogP contribution in [-0.2, 0) is 11.2 Å². The van der Waals surface area contributed by atoms with Crippen molar-refractivity contribution in [3.8, 4) is 0 Å². The van der Waals surface area contributed by atoms with E-state index in [1.807, 2.05) is 24.3 Å². The smallest absolute Gasteiger partial charge is 0.325 e. The lowest BCUT2D eigenvalue weighted by Gasteiger charge is -2.09. The first kappa shape index (κ1) is 15.8. The summed E-state index contributed by atoms with van der Waals surface area (Å²) in [5, 5.41) is 2.74. The highest BCUT2D eigenvalue weighted by atomic mass is 16.2. The molecule has 3 N–H and O–H groups in total. The second-order valence-electron chi connectivity index (χ2n) is 5.51. The first-order valence-electron chi connectivity index (χ1n) is 7.08. The SMILES string of the molecule is Cc1[nH]c(=O)[nH]c(=O)c1CC(=O)Nc1ccc(C(C)C)cc1. The van der Waals surface area contributed by atoms with E-state index in [9.17, 15) is 14.4 Å². The van der Waals surface area contributed by atoms with Crippen LogP contribution in [0.15, 0.2) is 33.9 Å². The molecular weight excluding hydrogens is 282 g/mol. The Kier molecular flexibility index (Phi) is 4.60. The Balaban J connectivity index is 2.10. The maximum absolute atomic E-state index is 12.0. The van der Waals surface area contributed by atoms with Crippen LogP contribution in [0.4, 0.5) is 5.69 Å². The molecule has 0 unspecified atom stereocenters. The third-order valence-electron chi connectivity index (χ3n) is 3.45. The Morgan fingerprint density at radius 1 is 1.14 bits per heavy atom. The van der Waals surface area contributed by atoms with Crippen molar-refractivity contribution in [3.05, 3.63) is 61.9 Å². The van der Waals surface area contributed by atoms with Gasteiger partial charge in [-0.3, -0.25) is 14.6 Å². The van der Waals surface area contributed by atoms with Crippen LogP contribution in [0.3, 0.4) is 0 Å². The van der Waals surface area contributed by atoms with E-state index in [-0.39, 0.29) is 17.9 Å². The van der Waals surface area contributed by atoms with E-state index in [1.165, 1.54) is 5.56 Å². The molecule has 2 aromatic rings. The van der Waals surface area contributed by atoms with Gasteiger partial charge in [-0.2, -0.15) is 0 Å². The standard InChI is InChI=1S/C16H19N3O3/c1-9(2)11-4-6-12(7-5-11)18-14(20)8-13-10(3)17-16(22)19-15(13)21/h4-7,9H,8H2,1-3H3,(H,18,20)(H2,17,19,21,22). The Hall–Kier alpha value is -2.63. The zero-order valence-corrected chi connectivity index (χ0v) is 12.8. The van der Waals surface area contributed by atoms with Crippen molar-refractivity contribution in [3.63, 3.8) is 0 Å². The fraction of sp³-hybridized carbons (Fsp3) is 0.312. The number of carbonyl (C=O) groups is 1. The molecule has 1 aromatic carbocycles. The zero-order valence-electron chi connectivity index (χ0n) is 12.8. The van der Waals surface area contributed by atoms with Crippen molar-refractivity contribution in [1.82, 2.24) is 9.97 Å². The Morgan fingerprint density at radius 2 is 1.77 bits per heavy atom. The highest BCUT2D eigenvalue weighted by Crippen LogP contribution is 2.17. The molecule has 6 heteroatoms. The highest BCUT2D eigenvalue weighted by Gasteiger charge is 2.11. The van der Waals surface area contributed by atoms with Crippen LogP contribution in [0.2, 0.25) is 0 Å². The number of carbonyl (C=O) groups excluding carboxylic acids is 1. The predicted molar refractivity (Wildman–Crippen MR) is 85.3 cm³/mol. The normalized spacial score (nSPS) is 10.7. The number of benzene rings is 1. The van der Waals surface area contributed by atoms with Gasteiger partial charge in [0, 0.05) is 16.9 Å². The molecule has 0 aliphatic heterocycles. The molecule has 0 atom stereocenters. The van der Waals surface area contributed by atoms with Crippen LogP contribution in [0.25, 0.3) is 0 Å². The van der Waals surface area contributed by atoms with Gasteiger partial charge in [0.1, 0.15) is 0 Å². The van der Waals surface area contributed by atoms with Gasteiger partial charge in [-0.1, -0.05) is 26.0 Å². The maximum atomic E-state index is 12.0. The summed E-state index contributed by atoms with van der Waals surface area (Å²) in [6.45, 7) is 5.79. The van der Waals surface area contributed by atoms with E-state index in [4.69, 9.17) is 0 Å². The van der Waals surface area contributed by atoms with Crippen molar-refractivity contribution in [2.24, 2.45) is 0 Å². The van der Waals surface area contributed by atoms with Crippen LogP contribution in [0, 0.1) is 6.92 Å². The highest BCUT2D eigenvalue weighted by molar-refractivity contribution is 5.92. The minimum absolute atomic E-state index is 0.0934. The van der Waals surface area contributed by atoms with Gasteiger partial charge in [-0.05, 0) is 30.5 Å². The van der Waals surface area contributed by atoms with Crippen molar-refractivity contribution in [2.75, 3.05) is 5.32 Å². The van der Waals surface area contributed by atoms with Gasteiger partial charge in [0.25, 0.3) is 5.56 Å². The quantitative estimate of drug-likeness (QED) is 0.801.